The number of aliphatic carboxylic acids is 1. The van der Waals surface area contributed by atoms with Gasteiger partial charge in [-0.2, -0.15) is 0 Å². The lowest BCUT2D eigenvalue weighted by Crippen LogP contribution is -2.62. The maximum atomic E-state index is 11.8. The summed E-state index contributed by atoms with van der Waals surface area (Å²) in [4.78, 5) is 23.6. The largest absolute Gasteiger partial charge is 0.479 e. The standard InChI is InChI=1S/C20H26O6/c1-18-5-3-10(21)7-13(18)14(22)8-11-12-4-6-20(26,17(24)25)19(12,2)9-15(23)16(11)18/h3,5,7,11-12,14-16,22-23,26H,4,6,8-9H2,1-2H3,(H,24,25)/t11-,12-,14+,15-,16+,18-,19-,20-/m0/s1. The highest BCUT2D eigenvalue weighted by Crippen LogP contribution is 2.66. The third-order valence-corrected chi connectivity index (χ3v) is 8.02. The molecular formula is C20H26O6. The van der Waals surface area contributed by atoms with Crippen LogP contribution in [0.15, 0.2) is 23.8 Å². The van der Waals surface area contributed by atoms with E-state index in [4.69, 9.17) is 0 Å². The van der Waals surface area contributed by atoms with E-state index < -0.39 is 34.6 Å². The van der Waals surface area contributed by atoms with Gasteiger partial charge in [-0.15, -0.1) is 0 Å². The molecule has 0 heterocycles. The molecule has 6 heteroatoms. The molecule has 4 aliphatic rings. The van der Waals surface area contributed by atoms with Gasteiger partial charge >= 0.3 is 5.97 Å². The van der Waals surface area contributed by atoms with Gasteiger partial charge in [0.05, 0.1) is 12.2 Å². The maximum Gasteiger partial charge on any atom is 0.336 e. The van der Waals surface area contributed by atoms with E-state index in [1.54, 1.807) is 13.0 Å². The number of carboxylic acid groups (broad SMARTS) is 1. The molecule has 26 heavy (non-hydrogen) atoms. The van der Waals surface area contributed by atoms with Crippen LogP contribution in [0.3, 0.4) is 0 Å². The minimum Gasteiger partial charge on any atom is -0.479 e. The van der Waals surface area contributed by atoms with Crippen molar-refractivity contribution in [2.75, 3.05) is 0 Å². The Bertz CT molecular complexity index is 741. The zero-order valence-corrected chi connectivity index (χ0v) is 15.1. The molecule has 0 amide bonds. The average molecular weight is 362 g/mol. The van der Waals surface area contributed by atoms with Gasteiger partial charge in [0.1, 0.15) is 0 Å². The first-order chi connectivity index (χ1) is 12.0. The summed E-state index contributed by atoms with van der Waals surface area (Å²) < 4.78 is 0. The van der Waals surface area contributed by atoms with Crippen LogP contribution >= 0.6 is 0 Å². The molecule has 0 aromatic heterocycles. The zero-order valence-electron chi connectivity index (χ0n) is 15.1. The van der Waals surface area contributed by atoms with E-state index >= 15 is 0 Å². The van der Waals surface area contributed by atoms with Crippen molar-refractivity contribution in [3.63, 3.8) is 0 Å². The first-order valence-corrected chi connectivity index (χ1v) is 9.32. The van der Waals surface area contributed by atoms with Gasteiger partial charge in [0, 0.05) is 16.7 Å². The number of allylic oxidation sites excluding steroid dienone is 3. The number of carbonyl (C=O) groups is 2. The van der Waals surface area contributed by atoms with Gasteiger partial charge in [-0.05, 0) is 55.2 Å². The van der Waals surface area contributed by atoms with E-state index in [0.717, 1.165) is 0 Å². The number of aliphatic hydroxyl groups excluding tert-OH is 2. The van der Waals surface area contributed by atoms with Crippen LogP contribution < -0.4 is 0 Å². The van der Waals surface area contributed by atoms with Gasteiger partial charge in [0.2, 0.25) is 0 Å². The van der Waals surface area contributed by atoms with Crippen LogP contribution in [0.2, 0.25) is 0 Å². The smallest absolute Gasteiger partial charge is 0.336 e. The summed E-state index contributed by atoms with van der Waals surface area (Å²) >= 11 is 0. The summed E-state index contributed by atoms with van der Waals surface area (Å²) in [6, 6.07) is 0. The van der Waals surface area contributed by atoms with Gasteiger partial charge < -0.3 is 20.4 Å². The van der Waals surface area contributed by atoms with Crippen LogP contribution in [0, 0.1) is 28.6 Å². The second-order valence-corrected chi connectivity index (χ2v) is 9.06. The van der Waals surface area contributed by atoms with Crippen LogP contribution in [0.5, 0.6) is 0 Å². The molecule has 0 aliphatic heterocycles. The molecule has 0 unspecified atom stereocenters. The highest BCUT2D eigenvalue weighted by atomic mass is 16.4. The molecule has 4 N–H and O–H groups in total. The normalized spacial score (nSPS) is 52.7. The second kappa shape index (κ2) is 5.27. The topological polar surface area (TPSA) is 115 Å². The molecule has 3 saturated carbocycles. The summed E-state index contributed by atoms with van der Waals surface area (Å²) in [6.45, 7) is 3.70. The van der Waals surface area contributed by atoms with Gasteiger partial charge in [0.15, 0.2) is 11.4 Å². The van der Waals surface area contributed by atoms with Crippen LogP contribution in [-0.2, 0) is 9.59 Å². The summed E-state index contributed by atoms with van der Waals surface area (Å²) in [5.74, 6) is -1.83. The molecule has 142 valence electrons. The average Bonchev–Trinajstić information content (AvgIpc) is 2.81. The second-order valence-electron chi connectivity index (χ2n) is 9.06. The lowest BCUT2D eigenvalue weighted by molar-refractivity contribution is -0.194. The molecule has 0 radical (unpaired) electrons. The van der Waals surface area contributed by atoms with Crippen LogP contribution in [0.1, 0.15) is 39.5 Å². The van der Waals surface area contributed by atoms with Crippen LogP contribution in [0.25, 0.3) is 0 Å². The van der Waals surface area contributed by atoms with Crippen LogP contribution in [0.4, 0.5) is 0 Å². The summed E-state index contributed by atoms with van der Waals surface area (Å²) in [5.41, 5.74) is -2.80. The summed E-state index contributed by atoms with van der Waals surface area (Å²) in [6.07, 6.45) is 4.41. The van der Waals surface area contributed by atoms with Gasteiger partial charge in [-0.3, -0.25) is 4.79 Å². The summed E-state index contributed by atoms with van der Waals surface area (Å²) in [5, 5.41) is 42.3. The summed E-state index contributed by atoms with van der Waals surface area (Å²) in [7, 11) is 0. The number of carboxylic acids is 1. The van der Waals surface area contributed by atoms with E-state index in [2.05, 4.69) is 0 Å². The van der Waals surface area contributed by atoms with Crippen molar-refractivity contribution in [2.24, 2.45) is 28.6 Å². The van der Waals surface area contributed by atoms with Crippen molar-refractivity contribution in [3.05, 3.63) is 23.8 Å². The lowest BCUT2D eigenvalue weighted by Gasteiger charge is -2.60. The molecule has 6 nitrogen and oxygen atoms in total. The van der Waals surface area contributed by atoms with Crippen molar-refractivity contribution in [3.8, 4) is 0 Å². The van der Waals surface area contributed by atoms with E-state index in [0.29, 0.717) is 18.4 Å². The molecule has 4 aliphatic carbocycles. The molecule has 0 bridgehead atoms. The van der Waals surface area contributed by atoms with Crippen molar-refractivity contribution in [2.45, 2.75) is 57.3 Å². The fraction of sp³-hybridized carbons (Fsp3) is 0.700. The highest BCUT2D eigenvalue weighted by molar-refractivity contribution is 6.01. The predicted molar refractivity (Wildman–Crippen MR) is 92.0 cm³/mol. The Hall–Kier alpha value is -1.50. The first-order valence-electron chi connectivity index (χ1n) is 9.32. The number of fused-ring (bicyclic) bond motifs is 5. The maximum absolute atomic E-state index is 11.8. The molecule has 0 spiro atoms. The fourth-order valence-corrected chi connectivity index (χ4v) is 6.74. The number of ketones is 1. The quantitative estimate of drug-likeness (QED) is 0.554. The number of hydrogen-bond donors (Lipinski definition) is 4. The Morgan fingerprint density at radius 2 is 1.96 bits per heavy atom. The number of carbonyl (C=O) groups excluding carboxylic acids is 1. The van der Waals surface area contributed by atoms with Gasteiger partial charge in [0.25, 0.3) is 0 Å². The molecule has 8 atom stereocenters. The van der Waals surface area contributed by atoms with Crippen molar-refractivity contribution in [1.29, 1.82) is 0 Å². The van der Waals surface area contributed by atoms with Crippen molar-refractivity contribution >= 4 is 11.8 Å². The number of hydrogen-bond acceptors (Lipinski definition) is 5. The molecule has 0 aromatic carbocycles. The minimum absolute atomic E-state index is 0.101. The Morgan fingerprint density at radius 1 is 1.27 bits per heavy atom. The Labute approximate surface area is 152 Å². The third kappa shape index (κ3) is 1.98. The van der Waals surface area contributed by atoms with Crippen LogP contribution in [-0.4, -0.2) is 50.0 Å². The molecule has 0 saturated heterocycles. The highest BCUT2D eigenvalue weighted by Gasteiger charge is 2.69. The molecule has 3 fully saturated rings. The fourth-order valence-electron chi connectivity index (χ4n) is 6.74. The molecule has 0 aromatic rings. The SMILES string of the molecule is C[C@]12C=CC(=O)C=C1[C@H](O)C[C@@H]1[C@@H]2[C@@H](O)C[C@@]2(C)[C@H]1CC[C@]2(O)C(=O)O. The lowest BCUT2D eigenvalue weighted by atomic mass is 9.46. The Morgan fingerprint density at radius 3 is 2.62 bits per heavy atom. The van der Waals surface area contributed by atoms with E-state index in [-0.39, 0.29) is 36.4 Å². The van der Waals surface area contributed by atoms with E-state index in [1.807, 2.05) is 6.92 Å². The number of aliphatic hydroxyl groups is 3. The zero-order chi connectivity index (χ0) is 19.1. The Balaban J connectivity index is 1.80. The Kier molecular flexibility index (Phi) is 3.63. The predicted octanol–water partition coefficient (Wildman–Crippen LogP) is 1.05. The van der Waals surface area contributed by atoms with Gasteiger partial charge in [-0.1, -0.05) is 19.9 Å². The van der Waals surface area contributed by atoms with Crippen molar-refractivity contribution in [1.82, 2.24) is 0 Å². The number of rotatable bonds is 1. The van der Waals surface area contributed by atoms with E-state index in [1.165, 1.54) is 12.2 Å². The first kappa shape index (κ1) is 17.9. The third-order valence-electron chi connectivity index (χ3n) is 8.02. The molecular weight excluding hydrogens is 336 g/mol. The van der Waals surface area contributed by atoms with Crippen molar-refractivity contribution < 1.29 is 30.0 Å². The van der Waals surface area contributed by atoms with E-state index in [9.17, 15) is 30.0 Å². The van der Waals surface area contributed by atoms with Gasteiger partial charge in [-0.25, -0.2) is 4.79 Å². The minimum atomic E-state index is -1.86. The monoisotopic (exact) mass is 362 g/mol. The molecule has 4 rings (SSSR count).